The normalized spacial score (nSPS) is 11.6. The van der Waals surface area contributed by atoms with Crippen molar-refractivity contribution in [2.45, 2.75) is 10.1 Å². The molecule has 0 aliphatic rings. The van der Waals surface area contributed by atoms with Crippen LogP contribution in [-0.4, -0.2) is 33.4 Å². The van der Waals surface area contributed by atoms with E-state index in [2.05, 4.69) is 23.9 Å². The van der Waals surface area contributed by atoms with Crippen molar-refractivity contribution in [3.8, 4) is 0 Å². The summed E-state index contributed by atoms with van der Waals surface area (Å²) >= 11 is 2.15. The molecule has 0 saturated heterocycles. The molecule has 2 aromatic carbocycles. The molecule has 3 aromatic heterocycles. The van der Waals surface area contributed by atoms with Crippen LogP contribution in [0.15, 0.2) is 46.5 Å². The van der Waals surface area contributed by atoms with E-state index in [9.17, 15) is 10.1 Å². The minimum absolute atomic E-state index is 0.0811. The summed E-state index contributed by atoms with van der Waals surface area (Å²) in [5.74, 6) is 0. The quantitative estimate of drug-likeness (QED) is 0.336. The number of non-ortho nitro benzene ring substituents is 1. The van der Waals surface area contributed by atoms with Gasteiger partial charge in [0.2, 0.25) is 5.16 Å². The smallest absolute Gasteiger partial charge is 0.299 e. The second-order valence-corrected chi connectivity index (χ2v) is 7.35. The van der Waals surface area contributed by atoms with E-state index in [0.29, 0.717) is 21.2 Å². The summed E-state index contributed by atoms with van der Waals surface area (Å²) in [6.07, 6.45) is 0. The molecule has 9 nitrogen and oxygen atoms in total. The number of fused-ring (bicyclic) bond motifs is 4. The van der Waals surface area contributed by atoms with Crippen LogP contribution in [0.2, 0.25) is 0 Å². The van der Waals surface area contributed by atoms with Crippen molar-refractivity contribution in [1.29, 1.82) is 0 Å². The van der Waals surface area contributed by atoms with Gasteiger partial charge in [-0.25, -0.2) is 4.98 Å². The molecule has 0 saturated carbocycles. The first-order valence-corrected chi connectivity index (χ1v) is 9.33. The Kier molecular flexibility index (Phi) is 3.52. The van der Waals surface area contributed by atoms with Crippen LogP contribution in [0.3, 0.4) is 0 Å². The number of nitro benzene ring substituents is 1. The molecular weight excluding hydrogens is 386 g/mol. The molecular formula is C16H9N7O2S2. The van der Waals surface area contributed by atoms with Crippen molar-refractivity contribution in [2.75, 3.05) is 0 Å². The number of aromatic nitrogens is 6. The fraction of sp³-hybridized carbons (Fsp3) is 0.0625. The van der Waals surface area contributed by atoms with Gasteiger partial charge in [-0.3, -0.25) is 10.1 Å². The van der Waals surface area contributed by atoms with Crippen LogP contribution >= 0.6 is 23.5 Å². The summed E-state index contributed by atoms with van der Waals surface area (Å²) in [5, 5.41) is 21.2. The molecule has 11 heteroatoms. The zero-order chi connectivity index (χ0) is 18.5. The standard InChI is InChI=1S/C16H9N7O2S2/c1-22-11-5-3-2-4-9(11)13-15(22)17-16(19-18-13)26-8-6-10-14(21-27-20-10)12(7-8)23(24)25/h2-7H,1H3. The van der Waals surface area contributed by atoms with E-state index in [1.165, 1.54) is 17.8 Å². The first-order valence-electron chi connectivity index (χ1n) is 7.78. The van der Waals surface area contributed by atoms with Crippen LogP contribution in [0, 0.1) is 10.1 Å². The molecule has 5 aromatic rings. The average molecular weight is 395 g/mol. The molecule has 0 N–H and O–H groups in total. The minimum atomic E-state index is -0.458. The largest absolute Gasteiger partial charge is 0.327 e. The molecule has 132 valence electrons. The highest BCUT2D eigenvalue weighted by Crippen LogP contribution is 2.34. The van der Waals surface area contributed by atoms with E-state index in [0.717, 1.165) is 28.1 Å². The van der Waals surface area contributed by atoms with Gasteiger partial charge in [0, 0.05) is 23.4 Å². The lowest BCUT2D eigenvalue weighted by molar-refractivity contribution is -0.383. The number of para-hydroxylation sites is 1. The van der Waals surface area contributed by atoms with Crippen molar-refractivity contribution in [3.63, 3.8) is 0 Å². The average Bonchev–Trinajstić information content (AvgIpc) is 3.25. The van der Waals surface area contributed by atoms with E-state index in [-0.39, 0.29) is 11.2 Å². The Morgan fingerprint density at radius 1 is 1.15 bits per heavy atom. The molecule has 0 atom stereocenters. The number of hydrogen-bond donors (Lipinski definition) is 0. The lowest BCUT2D eigenvalue weighted by Crippen LogP contribution is -1.96. The molecule has 3 heterocycles. The van der Waals surface area contributed by atoms with Gasteiger partial charge in [-0.2, -0.15) is 8.75 Å². The van der Waals surface area contributed by atoms with Gasteiger partial charge >= 0.3 is 0 Å². The number of aryl methyl sites for hydroxylation is 1. The zero-order valence-corrected chi connectivity index (χ0v) is 15.4. The molecule has 0 radical (unpaired) electrons. The highest BCUT2D eigenvalue weighted by atomic mass is 32.2. The van der Waals surface area contributed by atoms with Crippen LogP contribution in [0.5, 0.6) is 0 Å². The fourth-order valence-corrected chi connectivity index (χ4v) is 4.29. The Morgan fingerprint density at radius 2 is 2.00 bits per heavy atom. The zero-order valence-electron chi connectivity index (χ0n) is 13.7. The Balaban J connectivity index is 1.62. The number of nitro groups is 1. The van der Waals surface area contributed by atoms with Crippen molar-refractivity contribution in [2.24, 2.45) is 7.05 Å². The molecule has 0 spiro atoms. The summed E-state index contributed by atoms with van der Waals surface area (Å²) in [4.78, 5) is 16.1. The highest BCUT2D eigenvalue weighted by Gasteiger charge is 2.19. The summed E-state index contributed by atoms with van der Waals surface area (Å²) in [6, 6.07) is 11.1. The third-order valence-electron chi connectivity index (χ3n) is 4.21. The summed E-state index contributed by atoms with van der Waals surface area (Å²) in [7, 11) is 1.92. The maximum atomic E-state index is 11.3. The van der Waals surface area contributed by atoms with Crippen LogP contribution < -0.4 is 0 Å². The molecule has 0 fully saturated rings. The first-order chi connectivity index (χ1) is 13.1. The predicted molar refractivity (Wildman–Crippen MR) is 102 cm³/mol. The van der Waals surface area contributed by atoms with Crippen LogP contribution in [0.1, 0.15) is 0 Å². The highest BCUT2D eigenvalue weighted by molar-refractivity contribution is 7.99. The van der Waals surface area contributed by atoms with Gasteiger partial charge in [-0.05, 0) is 23.9 Å². The van der Waals surface area contributed by atoms with Crippen LogP contribution in [0.4, 0.5) is 5.69 Å². The number of nitrogens with zero attached hydrogens (tertiary/aromatic N) is 7. The lowest BCUT2D eigenvalue weighted by Gasteiger charge is -2.01. The maximum absolute atomic E-state index is 11.3. The van der Waals surface area contributed by atoms with Crippen molar-refractivity contribution in [1.82, 2.24) is 28.5 Å². The third kappa shape index (κ3) is 2.51. The van der Waals surface area contributed by atoms with Crippen molar-refractivity contribution in [3.05, 3.63) is 46.5 Å². The van der Waals surface area contributed by atoms with Crippen LogP contribution in [-0.2, 0) is 7.05 Å². The van der Waals surface area contributed by atoms with Gasteiger partial charge in [-0.15, -0.1) is 10.2 Å². The van der Waals surface area contributed by atoms with Crippen molar-refractivity contribution < 1.29 is 4.92 Å². The Labute approximate surface area is 159 Å². The Bertz CT molecular complexity index is 1360. The fourth-order valence-electron chi connectivity index (χ4n) is 2.99. The Morgan fingerprint density at radius 3 is 2.85 bits per heavy atom. The van der Waals surface area contributed by atoms with Crippen LogP contribution in [0.25, 0.3) is 33.1 Å². The first kappa shape index (κ1) is 16.0. The minimum Gasteiger partial charge on any atom is -0.327 e. The molecule has 0 aliphatic carbocycles. The second-order valence-electron chi connectivity index (χ2n) is 5.78. The SMILES string of the molecule is Cn1c2ccccc2c2nnc(Sc3cc([N+](=O)[O-])c4nsnc4c3)nc21. The van der Waals surface area contributed by atoms with E-state index in [4.69, 9.17) is 0 Å². The van der Waals surface area contributed by atoms with Gasteiger partial charge < -0.3 is 4.57 Å². The number of benzene rings is 2. The summed E-state index contributed by atoms with van der Waals surface area (Å²) < 4.78 is 10.1. The molecule has 5 rings (SSSR count). The topological polar surface area (TPSA) is 113 Å². The van der Waals surface area contributed by atoms with Gasteiger partial charge in [0.25, 0.3) is 5.69 Å². The monoisotopic (exact) mass is 395 g/mol. The van der Waals surface area contributed by atoms with Crippen molar-refractivity contribution >= 4 is 62.3 Å². The van der Waals surface area contributed by atoms with E-state index >= 15 is 0 Å². The molecule has 0 unspecified atom stereocenters. The van der Waals surface area contributed by atoms with E-state index < -0.39 is 4.92 Å². The van der Waals surface area contributed by atoms with Gasteiger partial charge in [0.05, 0.1) is 22.2 Å². The van der Waals surface area contributed by atoms with Gasteiger partial charge in [0.15, 0.2) is 11.2 Å². The molecule has 27 heavy (non-hydrogen) atoms. The second kappa shape index (κ2) is 5.93. The van der Waals surface area contributed by atoms with Gasteiger partial charge in [0.1, 0.15) is 11.0 Å². The third-order valence-corrected chi connectivity index (χ3v) is 5.58. The summed E-state index contributed by atoms with van der Waals surface area (Å²) in [6.45, 7) is 0. The molecule has 0 amide bonds. The summed E-state index contributed by atoms with van der Waals surface area (Å²) in [5.41, 5.74) is 3.14. The Hall–Kier alpha value is -3.18. The lowest BCUT2D eigenvalue weighted by atomic mass is 10.2. The van der Waals surface area contributed by atoms with E-state index in [1.807, 2.05) is 35.9 Å². The maximum Gasteiger partial charge on any atom is 0.299 e. The number of hydrogen-bond acceptors (Lipinski definition) is 9. The number of rotatable bonds is 3. The molecule has 0 bridgehead atoms. The molecule has 0 aliphatic heterocycles. The predicted octanol–water partition coefficient (Wildman–Crippen LogP) is 3.58. The van der Waals surface area contributed by atoms with E-state index in [1.54, 1.807) is 6.07 Å². The van der Waals surface area contributed by atoms with Gasteiger partial charge in [-0.1, -0.05) is 18.2 Å².